The van der Waals surface area contributed by atoms with E-state index in [0.29, 0.717) is 6.42 Å². The van der Waals surface area contributed by atoms with Crippen LogP contribution in [-0.2, 0) is 16.3 Å². The van der Waals surface area contributed by atoms with E-state index in [4.69, 9.17) is 0 Å². The van der Waals surface area contributed by atoms with Crippen LogP contribution in [-0.4, -0.2) is 32.5 Å². The van der Waals surface area contributed by atoms with E-state index in [1.54, 1.807) is 33.0 Å². The number of nitrogens with one attached hydrogen (secondary N) is 1. The highest BCUT2D eigenvalue weighted by Crippen LogP contribution is 2.23. The minimum atomic E-state index is -3.20. The molecule has 5 heteroatoms. The van der Waals surface area contributed by atoms with Crippen molar-refractivity contribution < 1.29 is 12.8 Å². The summed E-state index contributed by atoms with van der Waals surface area (Å²) in [6, 6.07) is 5.97. The van der Waals surface area contributed by atoms with Crippen molar-refractivity contribution in [3.05, 3.63) is 35.6 Å². The van der Waals surface area contributed by atoms with Crippen molar-refractivity contribution in [2.24, 2.45) is 0 Å². The monoisotopic (exact) mass is 273 g/mol. The van der Waals surface area contributed by atoms with Crippen molar-refractivity contribution in [2.45, 2.75) is 31.1 Å². The standard InChI is InChI=1S/C13H20FNO2S/c1-13(2,18(4,16)17)12(15-3)9-10-6-5-7-11(14)8-10/h5-8,12,15H,9H2,1-4H3. The lowest BCUT2D eigenvalue weighted by atomic mass is 9.95. The van der Waals surface area contributed by atoms with Gasteiger partial charge in [0.25, 0.3) is 0 Å². The molecule has 0 fully saturated rings. The molecule has 102 valence electrons. The minimum Gasteiger partial charge on any atom is -0.315 e. The predicted molar refractivity (Wildman–Crippen MR) is 71.9 cm³/mol. The Morgan fingerprint density at radius 3 is 2.44 bits per heavy atom. The predicted octanol–water partition coefficient (Wildman–Crippen LogP) is 1.78. The van der Waals surface area contributed by atoms with Crippen molar-refractivity contribution in [3.8, 4) is 0 Å². The number of halogens is 1. The van der Waals surface area contributed by atoms with Gasteiger partial charge in [0.15, 0.2) is 9.84 Å². The lowest BCUT2D eigenvalue weighted by Crippen LogP contribution is -2.51. The van der Waals surface area contributed by atoms with E-state index < -0.39 is 14.6 Å². The van der Waals surface area contributed by atoms with Crippen molar-refractivity contribution in [2.75, 3.05) is 13.3 Å². The average molecular weight is 273 g/mol. The largest absolute Gasteiger partial charge is 0.315 e. The summed E-state index contributed by atoms with van der Waals surface area (Å²) in [7, 11) is -1.48. The first-order chi connectivity index (χ1) is 8.18. The molecule has 3 nitrogen and oxygen atoms in total. The quantitative estimate of drug-likeness (QED) is 0.889. The van der Waals surface area contributed by atoms with Crippen molar-refractivity contribution in [1.82, 2.24) is 5.32 Å². The smallest absolute Gasteiger partial charge is 0.154 e. The van der Waals surface area contributed by atoms with Gasteiger partial charge in [0.2, 0.25) is 0 Å². The summed E-state index contributed by atoms with van der Waals surface area (Å²) in [6.07, 6.45) is 1.69. The third kappa shape index (κ3) is 3.29. The molecular weight excluding hydrogens is 253 g/mol. The lowest BCUT2D eigenvalue weighted by Gasteiger charge is -2.32. The van der Waals surface area contributed by atoms with Gasteiger partial charge in [0.05, 0.1) is 4.75 Å². The lowest BCUT2D eigenvalue weighted by molar-refractivity contribution is 0.430. The summed E-state index contributed by atoms with van der Waals surface area (Å²) in [5, 5.41) is 3.02. The summed E-state index contributed by atoms with van der Waals surface area (Å²) < 4.78 is 35.8. The molecule has 0 amide bonds. The fourth-order valence-electron chi connectivity index (χ4n) is 1.85. The molecule has 0 heterocycles. The van der Waals surface area contributed by atoms with Gasteiger partial charge < -0.3 is 5.32 Å². The average Bonchev–Trinajstić information content (AvgIpc) is 2.24. The van der Waals surface area contributed by atoms with Gasteiger partial charge in [0, 0.05) is 12.3 Å². The Morgan fingerprint density at radius 1 is 1.39 bits per heavy atom. The topological polar surface area (TPSA) is 46.2 Å². The Labute approximate surface area is 108 Å². The summed E-state index contributed by atoms with van der Waals surface area (Å²) in [6.45, 7) is 3.37. The van der Waals surface area contributed by atoms with Gasteiger partial charge in [-0.3, -0.25) is 0 Å². The maximum Gasteiger partial charge on any atom is 0.154 e. The van der Waals surface area contributed by atoms with Gasteiger partial charge in [-0.15, -0.1) is 0 Å². The first-order valence-corrected chi connectivity index (χ1v) is 7.69. The molecule has 0 bridgehead atoms. The SMILES string of the molecule is CNC(Cc1cccc(F)c1)C(C)(C)S(C)(=O)=O. The Bertz CT molecular complexity index is 511. The molecule has 0 saturated carbocycles. The van der Waals surface area contributed by atoms with E-state index in [2.05, 4.69) is 5.32 Å². The molecule has 1 N–H and O–H groups in total. The first-order valence-electron chi connectivity index (χ1n) is 5.80. The molecule has 0 aliphatic rings. The van der Waals surface area contributed by atoms with Crippen molar-refractivity contribution >= 4 is 9.84 Å². The number of hydrogen-bond acceptors (Lipinski definition) is 3. The fourth-order valence-corrected chi connectivity index (χ4v) is 2.57. The van der Waals surface area contributed by atoms with Crippen molar-refractivity contribution in [3.63, 3.8) is 0 Å². The molecule has 1 atom stereocenters. The van der Waals surface area contributed by atoms with Crippen molar-refractivity contribution in [1.29, 1.82) is 0 Å². The number of rotatable bonds is 5. The zero-order valence-corrected chi connectivity index (χ0v) is 12.0. The van der Waals surface area contributed by atoms with E-state index in [0.717, 1.165) is 5.56 Å². The highest BCUT2D eigenvalue weighted by atomic mass is 32.2. The normalized spacial score (nSPS) is 14.5. The summed E-state index contributed by atoms with van der Waals surface area (Å²) in [5.74, 6) is -0.306. The van der Waals surface area contributed by atoms with Gasteiger partial charge >= 0.3 is 0 Å². The zero-order valence-electron chi connectivity index (χ0n) is 11.2. The molecular formula is C13H20FNO2S. The molecule has 0 saturated heterocycles. The third-order valence-electron chi connectivity index (χ3n) is 3.47. The molecule has 1 aromatic rings. The Kier molecular flexibility index (Phi) is 4.50. The molecule has 0 spiro atoms. The van der Waals surface area contributed by atoms with Gasteiger partial charge in [-0.05, 0) is 45.0 Å². The number of hydrogen-bond donors (Lipinski definition) is 1. The highest BCUT2D eigenvalue weighted by molar-refractivity contribution is 7.92. The minimum absolute atomic E-state index is 0.269. The van der Waals surface area contributed by atoms with Crippen LogP contribution >= 0.6 is 0 Å². The second kappa shape index (κ2) is 5.36. The molecule has 0 aromatic heterocycles. The summed E-state index contributed by atoms with van der Waals surface area (Å²) >= 11 is 0. The molecule has 1 unspecified atom stereocenters. The second-order valence-electron chi connectivity index (χ2n) is 5.05. The molecule has 18 heavy (non-hydrogen) atoms. The number of sulfone groups is 1. The van der Waals surface area contributed by atoms with Gasteiger partial charge in [-0.2, -0.15) is 0 Å². The van der Waals surface area contributed by atoms with E-state index in [1.807, 2.05) is 0 Å². The maximum absolute atomic E-state index is 13.1. The van der Waals surface area contributed by atoms with Crippen LogP contribution in [0.2, 0.25) is 0 Å². The maximum atomic E-state index is 13.1. The van der Waals surface area contributed by atoms with Crippen LogP contribution in [0.25, 0.3) is 0 Å². The third-order valence-corrected chi connectivity index (χ3v) is 5.67. The van der Waals surface area contributed by atoms with Crippen LogP contribution in [0.1, 0.15) is 19.4 Å². The highest BCUT2D eigenvalue weighted by Gasteiger charge is 2.38. The van der Waals surface area contributed by atoms with E-state index >= 15 is 0 Å². The van der Waals surface area contributed by atoms with E-state index in [1.165, 1.54) is 18.4 Å². The van der Waals surface area contributed by atoms with E-state index in [9.17, 15) is 12.8 Å². The molecule has 0 aliphatic carbocycles. The Morgan fingerprint density at radius 2 is 2.00 bits per heavy atom. The van der Waals surface area contributed by atoms with Crippen LogP contribution in [0.4, 0.5) is 4.39 Å². The molecule has 0 radical (unpaired) electrons. The molecule has 1 aromatic carbocycles. The molecule has 1 rings (SSSR count). The van der Waals surface area contributed by atoms with Crippen LogP contribution in [0.3, 0.4) is 0 Å². The summed E-state index contributed by atoms with van der Waals surface area (Å²) in [4.78, 5) is 0. The Hall–Kier alpha value is -0.940. The van der Waals surface area contributed by atoms with Crippen LogP contribution in [0.15, 0.2) is 24.3 Å². The summed E-state index contributed by atoms with van der Waals surface area (Å²) in [5.41, 5.74) is 0.783. The number of benzene rings is 1. The van der Waals surface area contributed by atoms with Gasteiger partial charge in [-0.1, -0.05) is 12.1 Å². The van der Waals surface area contributed by atoms with Gasteiger partial charge in [-0.25, -0.2) is 12.8 Å². The van der Waals surface area contributed by atoms with Crippen LogP contribution in [0.5, 0.6) is 0 Å². The number of likely N-dealkylation sites (N-methyl/N-ethyl adjacent to an activating group) is 1. The fraction of sp³-hybridized carbons (Fsp3) is 0.538. The second-order valence-corrected chi connectivity index (χ2v) is 7.65. The molecule has 0 aliphatic heterocycles. The van der Waals surface area contributed by atoms with E-state index in [-0.39, 0.29) is 11.9 Å². The van der Waals surface area contributed by atoms with Crippen LogP contribution in [0, 0.1) is 5.82 Å². The first kappa shape index (κ1) is 15.1. The van der Waals surface area contributed by atoms with Gasteiger partial charge in [0.1, 0.15) is 5.82 Å². The Balaban J connectivity index is 2.99. The van der Waals surface area contributed by atoms with Crippen LogP contribution < -0.4 is 5.32 Å². The zero-order chi connectivity index (χ0) is 14.0.